The molecule has 0 spiro atoms. The van der Waals surface area contributed by atoms with Crippen LogP contribution in [-0.2, 0) is 11.4 Å². The molecular formula is C31H23Cl3N2O2S. The number of ether oxygens (including phenoxy) is 1. The topological polar surface area (TPSA) is 41.9 Å². The number of aliphatic imine (C=N–C) groups is 1. The summed E-state index contributed by atoms with van der Waals surface area (Å²) in [5, 5.41) is 2.38. The Morgan fingerprint density at radius 2 is 1.54 bits per heavy atom. The molecule has 0 atom stereocenters. The number of carbonyl (C=O) groups is 1. The number of amidine groups is 1. The smallest absolute Gasteiger partial charge is 0.271 e. The average Bonchev–Trinajstić information content (AvgIpc) is 3.22. The van der Waals surface area contributed by atoms with Gasteiger partial charge in [-0.3, -0.25) is 9.69 Å². The Morgan fingerprint density at radius 1 is 0.846 bits per heavy atom. The first-order chi connectivity index (χ1) is 18.8. The van der Waals surface area contributed by atoms with Crippen LogP contribution in [0.5, 0.6) is 5.75 Å². The van der Waals surface area contributed by atoms with Gasteiger partial charge in [0.05, 0.1) is 16.3 Å². The summed E-state index contributed by atoms with van der Waals surface area (Å²) in [6.07, 6.45) is 1.85. The van der Waals surface area contributed by atoms with E-state index in [1.165, 1.54) is 11.8 Å². The van der Waals surface area contributed by atoms with Crippen molar-refractivity contribution in [3.05, 3.63) is 127 Å². The van der Waals surface area contributed by atoms with Crippen LogP contribution in [0.25, 0.3) is 6.08 Å². The van der Waals surface area contributed by atoms with Crippen LogP contribution in [0.3, 0.4) is 0 Å². The molecule has 4 aromatic carbocycles. The lowest BCUT2D eigenvalue weighted by molar-refractivity contribution is -0.113. The van der Waals surface area contributed by atoms with Crippen molar-refractivity contribution >= 4 is 75.1 Å². The van der Waals surface area contributed by atoms with Gasteiger partial charge in [-0.1, -0.05) is 77.3 Å². The van der Waals surface area contributed by atoms with Crippen molar-refractivity contribution in [2.24, 2.45) is 4.99 Å². The third-order valence-corrected chi connectivity index (χ3v) is 8.28. The van der Waals surface area contributed by atoms with Gasteiger partial charge in [0.15, 0.2) is 5.17 Å². The summed E-state index contributed by atoms with van der Waals surface area (Å²) in [5.74, 6) is 0.521. The zero-order valence-corrected chi connectivity index (χ0v) is 24.2. The van der Waals surface area contributed by atoms with E-state index < -0.39 is 0 Å². The van der Waals surface area contributed by atoms with Gasteiger partial charge in [-0.05, 0) is 90.8 Å². The highest BCUT2D eigenvalue weighted by atomic mass is 35.5. The molecule has 0 aromatic heterocycles. The van der Waals surface area contributed by atoms with E-state index in [9.17, 15) is 4.79 Å². The van der Waals surface area contributed by atoms with Crippen LogP contribution in [-0.4, -0.2) is 11.1 Å². The molecule has 0 radical (unpaired) electrons. The molecule has 39 heavy (non-hydrogen) atoms. The molecule has 196 valence electrons. The number of benzene rings is 4. The SMILES string of the molecule is Cc1ccc(N=C2S/C(=C/c3ccc(OCc4ccccc4Cl)cc3)C(=O)N2c2ccc(C)c(Cl)c2)cc1Cl. The highest BCUT2D eigenvalue weighted by Gasteiger charge is 2.35. The van der Waals surface area contributed by atoms with Crippen LogP contribution in [0, 0.1) is 13.8 Å². The predicted octanol–water partition coefficient (Wildman–Crippen LogP) is 9.65. The van der Waals surface area contributed by atoms with E-state index in [0.29, 0.717) is 48.9 Å². The summed E-state index contributed by atoms with van der Waals surface area (Å²) in [6.45, 7) is 4.22. The van der Waals surface area contributed by atoms with Gasteiger partial charge in [-0.25, -0.2) is 4.99 Å². The number of carbonyl (C=O) groups excluding carboxylic acids is 1. The maximum Gasteiger partial charge on any atom is 0.271 e. The molecule has 0 N–H and O–H groups in total. The zero-order valence-electron chi connectivity index (χ0n) is 21.1. The van der Waals surface area contributed by atoms with Crippen LogP contribution in [0.4, 0.5) is 11.4 Å². The monoisotopic (exact) mass is 592 g/mol. The first kappa shape index (κ1) is 27.4. The van der Waals surface area contributed by atoms with E-state index in [4.69, 9.17) is 44.5 Å². The number of hydrogen-bond donors (Lipinski definition) is 0. The van der Waals surface area contributed by atoms with E-state index in [1.54, 1.807) is 17.0 Å². The third-order valence-electron chi connectivity index (χ3n) is 6.13. The van der Waals surface area contributed by atoms with Gasteiger partial charge in [0.25, 0.3) is 5.91 Å². The summed E-state index contributed by atoms with van der Waals surface area (Å²) in [4.78, 5) is 20.5. The Hall–Kier alpha value is -3.22. The summed E-state index contributed by atoms with van der Waals surface area (Å²) >= 11 is 20.3. The van der Waals surface area contributed by atoms with E-state index in [2.05, 4.69) is 0 Å². The number of amides is 1. The fraction of sp³-hybridized carbons (Fsp3) is 0.0968. The number of rotatable bonds is 6. The molecule has 1 amide bonds. The molecule has 1 saturated heterocycles. The first-order valence-corrected chi connectivity index (χ1v) is 14.0. The molecule has 0 aliphatic carbocycles. The lowest BCUT2D eigenvalue weighted by atomic mass is 10.2. The second-order valence-electron chi connectivity index (χ2n) is 8.96. The average molecular weight is 594 g/mol. The number of nitrogens with zero attached hydrogens (tertiary/aromatic N) is 2. The number of hydrogen-bond acceptors (Lipinski definition) is 4. The molecule has 1 aliphatic rings. The maximum atomic E-state index is 13.6. The van der Waals surface area contributed by atoms with Crippen molar-refractivity contribution in [1.29, 1.82) is 0 Å². The van der Waals surface area contributed by atoms with Crippen molar-refractivity contribution in [2.75, 3.05) is 4.90 Å². The molecule has 0 unspecified atom stereocenters. The van der Waals surface area contributed by atoms with Gasteiger partial charge in [0.1, 0.15) is 12.4 Å². The second-order valence-corrected chi connectivity index (χ2v) is 11.2. The van der Waals surface area contributed by atoms with Crippen molar-refractivity contribution in [3.8, 4) is 5.75 Å². The van der Waals surface area contributed by atoms with Crippen molar-refractivity contribution < 1.29 is 9.53 Å². The minimum atomic E-state index is -0.184. The Kier molecular flexibility index (Phi) is 8.34. The number of halogens is 3. The quantitative estimate of drug-likeness (QED) is 0.209. The van der Waals surface area contributed by atoms with Gasteiger partial charge in [0.2, 0.25) is 0 Å². The summed E-state index contributed by atoms with van der Waals surface area (Å²) in [5.41, 5.74) is 4.96. The van der Waals surface area contributed by atoms with Crippen LogP contribution < -0.4 is 9.64 Å². The number of aryl methyl sites for hydroxylation is 2. The van der Waals surface area contributed by atoms with Gasteiger partial charge in [0, 0.05) is 20.6 Å². The van der Waals surface area contributed by atoms with E-state index in [1.807, 2.05) is 92.7 Å². The van der Waals surface area contributed by atoms with Crippen LogP contribution in [0.1, 0.15) is 22.3 Å². The molecule has 4 aromatic rings. The molecule has 4 nitrogen and oxygen atoms in total. The maximum absolute atomic E-state index is 13.6. The number of thioether (sulfide) groups is 1. The highest BCUT2D eigenvalue weighted by molar-refractivity contribution is 8.19. The van der Waals surface area contributed by atoms with Gasteiger partial charge >= 0.3 is 0 Å². The van der Waals surface area contributed by atoms with E-state index in [0.717, 1.165) is 22.3 Å². The van der Waals surface area contributed by atoms with Crippen LogP contribution in [0.2, 0.25) is 15.1 Å². The third kappa shape index (κ3) is 6.34. The molecule has 5 rings (SSSR count). The normalized spacial score (nSPS) is 15.4. The molecule has 8 heteroatoms. The fourth-order valence-corrected chi connectivity index (χ4v) is 5.39. The Labute approximate surface area is 246 Å². The summed E-state index contributed by atoms with van der Waals surface area (Å²) in [7, 11) is 0. The van der Waals surface area contributed by atoms with E-state index >= 15 is 0 Å². The van der Waals surface area contributed by atoms with Crippen LogP contribution >= 0.6 is 46.6 Å². The standard InChI is InChI=1S/C31H23Cl3N2O2S/c1-19-7-11-23(16-27(19)33)35-31-36(24-12-8-20(2)28(34)17-24)30(37)29(39-31)15-21-9-13-25(14-10-21)38-18-22-5-3-4-6-26(22)32/h3-17H,18H2,1-2H3/b29-15+,35-31?. The van der Waals surface area contributed by atoms with Gasteiger partial charge < -0.3 is 4.74 Å². The van der Waals surface area contributed by atoms with Crippen molar-refractivity contribution in [1.82, 2.24) is 0 Å². The van der Waals surface area contributed by atoms with Gasteiger partial charge in [-0.15, -0.1) is 0 Å². The zero-order chi connectivity index (χ0) is 27.5. The van der Waals surface area contributed by atoms with Crippen LogP contribution in [0.15, 0.2) is 94.8 Å². The molecule has 1 aliphatic heterocycles. The first-order valence-electron chi connectivity index (χ1n) is 12.1. The molecule has 1 fully saturated rings. The fourth-order valence-electron chi connectivity index (χ4n) is 3.85. The molecular weight excluding hydrogens is 571 g/mol. The van der Waals surface area contributed by atoms with Crippen molar-refractivity contribution in [2.45, 2.75) is 20.5 Å². The lowest BCUT2D eigenvalue weighted by Gasteiger charge is -2.16. The minimum Gasteiger partial charge on any atom is -0.489 e. The predicted molar refractivity (Wildman–Crippen MR) is 165 cm³/mol. The molecule has 0 saturated carbocycles. The largest absolute Gasteiger partial charge is 0.489 e. The Balaban J connectivity index is 1.42. The summed E-state index contributed by atoms with van der Waals surface area (Å²) < 4.78 is 5.89. The number of anilines is 1. The Morgan fingerprint density at radius 3 is 2.23 bits per heavy atom. The summed E-state index contributed by atoms with van der Waals surface area (Å²) in [6, 6.07) is 26.2. The molecule has 0 bridgehead atoms. The molecule has 1 heterocycles. The lowest BCUT2D eigenvalue weighted by Crippen LogP contribution is -2.28. The Bertz CT molecular complexity index is 1620. The highest BCUT2D eigenvalue weighted by Crippen LogP contribution is 2.39. The van der Waals surface area contributed by atoms with E-state index in [-0.39, 0.29) is 5.91 Å². The van der Waals surface area contributed by atoms with Gasteiger partial charge in [-0.2, -0.15) is 0 Å². The van der Waals surface area contributed by atoms with Crippen molar-refractivity contribution in [3.63, 3.8) is 0 Å². The second kappa shape index (κ2) is 11.9. The minimum absolute atomic E-state index is 0.184.